The van der Waals surface area contributed by atoms with E-state index in [2.05, 4.69) is 16.0 Å². The third kappa shape index (κ3) is 4.64. The summed E-state index contributed by atoms with van der Waals surface area (Å²) in [5, 5.41) is 9.65. The summed E-state index contributed by atoms with van der Waals surface area (Å²) < 4.78 is 1.99. The van der Waals surface area contributed by atoms with Crippen LogP contribution in [0.25, 0.3) is 0 Å². The molecule has 1 aromatic heterocycles. The zero-order chi connectivity index (χ0) is 20.9. The number of piperazine rings is 1. The average molecular weight is 420 g/mol. The van der Waals surface area contributed by atoms with Gasteiger partial charge in [0.1, 0.15) is 0 Å². The third-order valence-electron chi connectivity index (χ3n) is 5.37. The second kappa shape index (κ2) is 9.02. The van der Waals surface area contributed by atoms with Crippen LogP contribution in [0.1, 0.15) is 16.8 Å². The van der Waals surface area contributed by atoms with Gasteiger partial charge in [-0.15, -0.1) is 0 Å². The van der Waals surface area contributed by atoms with Crippen molar-refractivity contribution in [2.45, 2.75) is 13.0 Å². The number of hydrogen-bond acceptors (Lipinski definition) is 4. The lowest BCUT2D eigenvalue weighted by Gasteiger charge is -2.36. The van der Waals surface area contributed by atoms with Crippen LogP contribution in [-0.4, -0.2) is 46.5 Å². The minimum atomic E-state index is 0.113. The maximum Gasteiger partial charge on any atom is 0.228 e. The Morgan fingerprint density at radius 2 is 1.87 bits per heavy atom. The largest absolute Gasteiger partial charge is 0.368 e. The van der Waals surface area contributed by atoms with E-state index < -0.39 is 0 Å². The molecule has 1 amide bonds. The number of halogens is 1. The van der Waals surface area contributed by atoms with Gasteiger partial charge in [-0.25, -0.2) is 4.98 Å². The van der Waals surface area contributed by atoms with E-state index in [1.807, 2.05) is 45.9 Å². The molecule has 0 radical (unpaired) electrons. The van der Waals surface area contributed by atoms with Crippen molar-refractivity contribution in [1.29, 1.82) is 5.26 Å². The lowest BCUT2D eigenvalue weighted by atomic mass is 10.1. The number of carbonyl (C=O) groups is 1. The highest BCUT2D eigenvalue weighted by Gasteiger charge is 2.22. The summed E-state index contributed by atoms with van der Waals surface area (Å²) in [4.78, 5) is 21.3. The average Bonchev–Trinajstić information content (AvgIpc) is 3.21. The van der Waals surface area contributed by atoms with Crippen molar-refractivity contribution in [3.63, 3.8) is 0 Å². The Hall–Kier alpha value is -3.30. The van der Waals surface area contributed by atoms with Gasteiger partial charge in [0.2, 0.25) is 5.91 Å². The number of imidazole rings is 1. The molecule has 3 aromatic rings. The monoisotopic (exact) mass is 419 g/mol. The van der Waals surface area contributed by atoms with Crippen LogP contribution in [0.2, 0.25) is 5.02 Å². The number of carbonyl (C=O) groups excluding carboxylic acids is 1. The predicted molar refractivity (Wildman–Crippen MR) is 116 cm³/mol. The fourth-order valence-corrected chi connectivity index (χ4v) is 3.86. The van der Waals surface area contributed by atoms with Crippen LogP contribution >= 0.6 is 11.6 Å². The van der Waals surface area contributed by atoms with E-state index in [1.165, 1.54) is 0 Å². The van der Waals surface area contributed by atoms with Crippen LogP contribution in [0.5, 0.6) is 0 Å². The van der Waals surface area contributed by atoms with E-state index >= 15 is 0 Å². The molecule has 0 spiro atoms. The number of rotatable bonds is 5. The molecule has 1 aliphatic rings. The number of nitrogens with zero attached hydrogens (tertiary/aromatic N) is 5. The quantitative estimate of drug-likeness (QED) is 0.636. The van der Waals surface area contributed by atoms with Gasteiger partial charge in [0.15, 0.2) is 0 Å². The van der Waals surface area contributed by atoms with Gasteiger partial charge in [0, 0.05) is 55.3 Å². The van der Waals surface area contributed by atoms with Crippen LogP contribution in [0.3, 0.4) is 0 Å². The van der Waals surface area contributed by atoms with E-state index in [0.717, 1.165) is 35.1 Å². The molecular weight excluding hydrogens is 398 g/mol. The molecule has 2 aromatic carbocycles. The first-order chi connectivity index (χ1) is 14.6. The molecule has 2 heterocycles. The number of anilines is 1. The molecule has 0 unspecified atom stereocenters. The molecule has 0 bridgehead atoms. The van der Waals surface area contributed by atoms with Crippen LogP contribution in [0.4, 0.5) is 5.69 Å². The van der Waals surface area contributed by atoms with Crippen molar-refractivity contribution in [2.24, 2.45) is 0 Å². The predicted octanol–water partition coefficient (Wildman–Crippen LogP) is 3.35. The van der Waals surface area contributed by atoms with Gasteiger partial charge in [0.05, 0.1) is 24.4 Å². The third-order valence-corrected chi connectivity index (χ3v) is 5.61. The smallest absolute Gasteiger partial charge is 0.228 e. The second-order valence-corrected chi connectivity index (χ2v) is 7.78. The van der Waals surface area contributed by atoms with Crippen molar-refractivity contribution >= 4 is 23.2 Å². The van der Waals surface area contributed by atoms with Crippen molar-refractivity contribution in [3.05, 3.63) is 82.9 Å². The van der Waals surface area contributed by atoms with Crippen molar-refractivity contribution in [3.8, 4) is 6.07 Å². The van der Waals surface area contributed by atoms with Gasteiger partial charge < -0.3 is 14.4 Å². The van der Waals surface area contributed by atoms with Crippen LogP contribution in [0, 0.1) is 11.3 Å². The van der Waals surface area contributed by atoms with Gasteiger partial charge in [-0.05, 0) is 35.9 Å². The van der Waals surface area contributed by atoms with Crippen molar-refractivity contribution in [1.82, 2.24) is 14.5 Å². The molecule has 7 heteroatoms. The first kappa shape index (κ1) is 20.0. The first-order valence-corrected chi connectivity index (χ1v) is 10.3. The summed E-state index contributed by atoms with van der Waals surface area (Å²) in [5.41, 5.74) is 3.68. The number of nitriles is 1. The Morgan fingerprint density at radius 1 is 1.10 bits per heavy atom. The Morgan fingerprint density at radius 3 is 2.57 bits per heavy atom. The maximum absolute atomic E-state index is 12.9. The van der Waals surface area contributed by atoms with Crippen molar-refractivity contribution < 1.29 is 4.79 Å². The van der Waals surface area contributed by atoms with Crippen molar-refractivity contribution in [2.75, 3.05) is 31.1 Å². The van der Waals surface area contributed by atoms with E-state index in [0.29, 0.717) is 31.6 Å². The lowest BCUT2D eigenvalue weighted by Crippen LogP contribution is -2.49. The summed E-state index contributed by atoms with van der Waals surface area (Å²) in [7, 11) is 0. The van der Waals surface area contributed by atoms with E-state index in [-0.39, 0.29) is 5.91 Å². The summed E-state index contributed by atoms with van der Waals surface area (Å²) in [5.74, 6) is 0.113. The highest BCUT2D eigenvalue weighted by molar-refractivity contribution is 6.30. The van der Waals surface area contributed by atoms with Gasteiger partial charge >= 0.3 is 0 Å². The van der Waals surface area contributed by atoms with E-state index in [1.54, 1.807) is 24.7 Å². The van der Waals surface area contributed by atoms with Gasteiger partial charge in [0.25, 0.3) is 0 Å². The van der Waals surface area contributed by atoms with Gasteiger partial charge in [-0.1, -0.05) is 29.8 Å². The Labute approximate surface area is 180 Å². The highest BCUT2D eigenvalue weighted by atomic mass is 35.5. The second-order valence-electron chi connectivity index (χ2n) is 7.35. The van der Waals surface area contributed by atoms with Crippen LogP contribution in [0.15, 0.2) is 61.1 Å². The van der Waals surface area contributed by atoms with E-state index in [9.17, 15) is 4.79 Å². The Bertz CT molecular complexity index is 1060. The number of aromatic nitrogens is 2. The van der Waals surface area contributed by atoms with Gasteiger partial charge in [-0.2, -0.15) is 5.26 Å². The summed E-state index contributed by atoms with van der Waals surface area (Å²) >= 11 is 6.10. The molecule has 1 aliphatic heterocycles. The first-order valence-electron chi connectivity index (χ1n) is 9.89. The Kier molecular flexibility index (Phi) is 6.01. The summed E-state index contributed by atoms with van der Waals surface area (Å²) in [6.07, 6.45) is 3.83. The Balaban J connectivity index is 1.35. The summed E-state index contributed by atoms with van der Waals surface area (Å²) in [6.45, 7) is 3.58. The fraction of sp³-hybridized carbons (Fsp3) is 0.261. The molecule has 30 heavy (non-hydrogen) atoms. The molecule has 1 fully saturated rings. The lowest BCUT2D eigenvalue weighted by molar-refractivity contribution is -0.130. The number of amides is 1. The van der Waals surface area contributed by atoms with Crippen LogP contribution < -0.4 is 4.90 Å². The SMILES string of the molecule is N#Cc1ccc(Cn2cncc2CC(=O)N2CCN(c3cccc(Cl)c3)CC2)cc1. The molecular formula is C23H22ClN5O. The molecule has 0 N–H and O–H groups in total. The molecule has 0 saturated carbocycles. The normalized spacial score (nSPS) is 13.9. The minimum Gasteiger partial charge on any atom is -0.368 e. The fourth-order valence-electron chi connectivity index (χ4n) is 3.67. The molecule has 1 saturated heterocycles. The molecule has 6 nitrogen and oxygen atoms in total. The zero-order valence-corrected chi connectivity index (χ0v) is 17.3. The van der Waals surface area contributed by atoms with Crippen LogP contribution in [-0.2, 0) is 17.8 Å². The number of hydrogen-bond donors (Lipinski definition) is 0. The standard InChI is InChI=1S/C23H22ClN5O/c24-20-2-1-3-21(12-20)27-8-10-28(11-9-27)23(30)13-22-15-26-17-29(22)16-19-6-4-18(14-25)5-7-19/h1-7,12,15,17H,8-11,13,16H2. The highest BCUT2D eigenvalue weighted by Crippen LogP contribution is 2.21. The molecule has 4 rings (SSSR count). The molecule has 0 atom stereocenters. The van der Waals surface area contributed by atoms with Gasteiger partial charge in [-0.3, -0.25) is 4.79 Å². The number of benzene rings is 2. The topological polar surface area (TPSA) is 65.2 Å². The molecule has 152 valence electrons. The van der Waals surface area contributed by atoms with E-state index in [4.69, 9.17) is 16.9 Å². The zero-order valence-electron chi connectivity index (χ0n) is 16.5. The minimum absolute atomic E-state index is 0.113. The summed E-state index contributed by atoms with van der Waals surface area (Å²) in [6, 6.07) is 17.4. The maximum atomic E-state index is 12.9. The molecule has 0 aliphatic carbocycles.